The van der Waals surface area contributed by atoms with Gasteiger partial charge in [0.1, 0.15) is 22.4 Å². The predicted octanol–water partition coefficient (Wildman–Crippen LogP) is 4.82. The van der Waals surface area contributed by atoms with Crippen LogP contribution in [0.3, 0.4) is 0 Å². The summed E-state index contributed by atoms with van der Waals surface area (Å²) in [6.07, 6.45) is 0. The van der Waals surface area contributed by atoms with Crippen LogP contribution < -0.4 is 9.47 Å². The van der Waals surface area contributed by atoms with Crippen molar-refractivity contribution in [3.8, 4) is 17.2 Å². The number of benzene rings is 2. The molecular weight excluding hydrogens is 391 g/mol. The Labute approximate surface area is 163 Å². The summed E-state index contributed by atoms with van der Waals surface area (Å²) in [7, 11) is -4.64. The molecule has 0 heterocycles. The highest BCUT2D eigenvalue weighted by atomic mass is 35.5. The molecule has 6 nitrogen and oxygen atoms in total. The molecule has 0 aliphatic rings. The van der Waals surface area contributed by atoms with Gasteiger partial charge in [0.15, 0.2) is 11.4 Å². The van der Waals surface area contributed by atoms with Crippen LogP contribution in [0.5, 0.6) is 17.2 Å². The Bertz CT molecular complexity index is 853. The van der Waals surface area contributed by atoms with E-state index in [1.165, 1.54) is 27.7 Å². The monoisotopic (exact) mass is 412 g/mol. The second-order valence-corrected chi connectivity index (χ2v) is 9.71. The molecule has 0 aliphatic heterocycles. The second-order valence-electron chi connectivity index (χ2n) is 7.07. The summed E-state index contributed by atoms with van der Waals surface area (Å²) < 4.78 is 23.0. The summed E-state index contributed by atoms with van der Waals surface area (Å²) in [4.78, 5) is 31.5. The summed E-state index contributed by atoms with van der Waals surface area (Å²) in [5.41, 5.74) is -1.43. The first kappa shape index (κ1) is 21.5. The molecule has 0 bridgehead atoms. The average Bonchev–Trinajstić information content (AvgIpc) is 2.56. The number of halogens is 1. The molecule has 146 valence electrons. The Morgan fingerprint density at radius 3 is 1.74 bits per heavy atom. The molecule has 0 amide bonds. The van der Waals surface area contributed by atoms with Crippen LogP contribution in [-0.2, 0) is 9.36 Å². The Balaban J connectivity index is 2.11. The van der Waals surface area contributed by atoms with Crippen molar-refractivity contribution in [3.05, 3.63) is 53.6 Å². The number of carbonyl (C=O) groups is 1. The van der Waals surface area contributed by atoms with Crippen molar-refractivity contribution in [2.24, 2.45) is 0 Å². The molecule has 0 spiro atoms. The number of ketones is 1. The van der Waals surface area contributed by atoms with Crippen molar-refractivity contribution in [2.75, 3.05) is 0 Å². The number of hydrogen-bond donors (Lipinski definition) is 2. The number of rotatable bonds is 7. The minimum Gasteiger partial charge on any atom is -0.480 e. The maximum atomic E-state index is 12.6. The van der Waals surface area contributed by atoms with Crippen molar-refractivity contribution in [2.45, 2.75) is 38.5 Å². The zero-order chi connectivity index (χ0) is 20.5. The van der Waals surface area contributed by atoms with Gasteiger partial charge in [-0.15, -0.1) is 0 Å². The van der Waals surface area contributed by atoms with Gasteiger partial charge in [-0.1, -0.05) is 11.6 Å². The molecule has 0 aromatic heterocycles. The molecule has 8 heteroatoms. The smallest absolute Gasteiger partial charge is 0.338 e. The standard InChI is InChI=1S/C19H22ClO6P/c1-18(2,17(21)19(3,4)27(22,23)24)26-16-11-9-15(10-12-16)25-14-7-5-13(20)6-8-14/h5-12H,1-4H3,(H2,22,23,24). The first-order chi connectivity index (χ1) is 12.3. The third-order valence-corrected chi connectivity index (χ3v) is 5.99. The zero-order valence-electron chi connectivity index (χ0n) is 15.5. The van der Waals surface area contributed by atoms with E-state index in [9.17, 15) is 19.1 Å². The van der Waals surface area contributed by atoms with Crippen molar-refractivity contribution >= 4 is 25.0 Å². The number of ether oxygens (including phenoxy) is 2. The van der Waals surface area contributed by atoms with E-state index in [0.29, 0.717) is 22.3 Å². The Hall–Kier alpha value is -1.85. The molecule has 0 fully saturated rings. The van der Waals surface area contributed by atoms with Crippen LogP contribution in [0, 0.1) is 0 Å². The van der Waals surface area contributed by atoms with Crippen LogP contribution in [0.25, 0.3) is 0 Å². The highest BCUT2D eigenvalue weighted by Gasteiger charge is 2.51. The highest BCUT2D eigenvalue weighted by molar-refractivity contribution is 7.54. The maximum Gasteiger partial charge on any atom is 0.338 e. The number of hydrogen-bond acceptors (Lipinski definition) is 4. The minimum absolute atomic E-state index is 0.373. The fourth-order valence-corrected chi connectivity index (χ4v) is 3.08. The molecule has 0 aliphatic carbocycles. The molecule has 0 atom stereocenters. The van der Waals surface area contributed by atoms with Gasteiger partial charge in [-0.2, -0.15) is 0 Å². The molecule has 2 aromatic carbocycles. The van der Waals surface area contributed by atoms with Crippen LogP contribution in [-0.4, -0.2) is 26.3 Å². The van der Waals surface area contributed by atoms with Crippen LogP contribution >= 0.6 is 19.2 Å². The maximum absolute atomic E-state index is 12.6. The van der Waals surface area contributed by atoms with Crippen LogP contribution in [0.4, 0.5) is 0 Å². The normalized spacial score (nSPS) is 12.6. The first-order valence-corrected chi connectivity index (χ1v) is 10.1. The molecule has 0 saturated heterocycles. The Morgan fingerprint density at radius 2 is 1.30 bits per heavy atom. The van der Waals surface area contributed by atoms with Gasteiger partial charge >= 0.3 is 7.60 Å². The summed E-state index contributed by atoms with van der Waals surface area (Å²) in [5.74, 6) is 0.861. The molecule has 2 N–H and O–H groups in total. The van der Waals surface area contributed by atoms with Gasteiger partial charge in [0.2, 0.25) is 0 Å². The third kappa shape index (κ3) is 5.11. The lowest BCUT2D eigenvalue weighted by molar-refractivity contribution is -0.134. The lowest BCUT2D eigenvalue weighted by Gasteiger charge is -2.33. The molecule has 2 rings (SSSR count). The number of Topliss-reactive ketones (excluding diaryl/α,β-unsaturated/α-hetero) is 1. The lowest BCUT2D eigenvalue weighted by Crippen LogP contribution is -2.49. The van der Waals surface area contributed by atoms with E-state index < -0.39 is 24.1 Å². The van der Waals surface area contributed by atoms with E-state index in [-0.39, 0.29) is 0 Å². The van der Waals surface area contributed by atoms with Crippen LogP contribution in [0.2, 0.25) is 5.02 Å². The first-order valence-electron chi connectivity index (χ1n) is 8.16. The Morgan fingerprint density at radius 1 is 0.889 bits per heavy atom. The van der Waals surface area contributed by atoms with E-state index in [4.69, 9.17) is 21.1 Å². The largest absolute Gasteiger partial charge is 0.480 e. The van der Waals surface area contributed by atoms with Crippen molar-refractivity contribution < 1.29 is 28.6 Å². The van der Waals surface area contributed by atoms with Crippen molar-refractivity contribution in [1.82, 2.24) is 0 Å². The molecule has 0 unspecified atom stereocenters. The topological polar surface area (TPSA) is 93.1 Å². The van der Waals surface area contributed by atoms with Gasteiger partial charge < -0.3 is 19.3 Å². The Kier molecular flexibility index (Phi) is 6.07. The number of carbonyl (C=O) groups excluding carboxylic acids is 1. The SMILES string of the molecule is CC(C)(Oc1ccc(Oc2ccc(Cl)cc2)cc1)C(=O)C(C)(C)P(=O)(O)O. The molecule has 0 radical (unpaired) electrons. The van der Waals surface area contributed by atoms with Crippen molar-refractivity contribution in [3.63, 3.8) is 0 Å². The summed E-state index contributed by atoms with van der Waals surface area (Å²) in [6.45, 7) is 5.38. The predicted molar refractivity (Wildman–Crippen MR) is 104 cm³/mol. The average molecular weight is 413 g/mol. The van der Waals surface area contributed by atoms with Crippen LogP contribution in [0.1, 0.15) is 27.7 Å². The van der Waals surface area contributed by atoms with Crippen LogP contribution in [0.15, 0.2) is 48.5 Å². The van der Waals surface area contributed by atoms with Gasteiger partial charge in [-0.05, 0) is 76.2 Å². The highest BCUT2D eigenvalue weighted by Crippen LogP contribution is 2.52. The molecule has 2 aromatic rings. The van der Waals surface area contributed by atoms with E-state index in [1.807, 2.05) is 0 Å². The lowest BCUT2D eigenvalue weighted by atomic mass is 9.93. The van der Waals surface area contributed by atoms with Gasteiger partial charge in [-0.25, -0.2) is 0 Å². The quantitative estimate of drug-likeness (QED) is 0.633. The van der Waals surface area contributed by atoms with Crippen molar-refractivity contribution in [1.29, 1.82) is 0 Å². The van der Waals surface area contributed by atoms with E-state index in [2.05, 4.69) is 0 Å². The van der Waals surface area contributed by atoms with E-state index >= 15 is 0 Å². The summed E-state index contributed by atoms with van der Waals surface area (Å²) in [6, 6.07) is 13.5. The van der Waals surface area contributed by atoms with Gasteiger partial charge in [0.05, 0.1) is 0 Å². The third-order valence-electron chi connectivity index (χ3n) is 4.08. The molecule has 0 saturated carbocycles. The minimum atomic E-state index is -4.64. The molecular formula is C19H22ClO6P. The zero-order valence-corrected chi connectivity index (χ0v) is 17.1. The second kappa shape index (κ2) is 7.64. The fraction of sp³-hybridized carbons (Fsp3) is 0.316. The van der Waals surface area contributed by atoms with Gasteiger partial charge in [0.25, 0.3) is 0 Å². The fourth-order valence-electron chi connectivity index (χ4n) is 2.42. The van der Waals surface area contributed by atoms with E-state index in [1.54, 1.807) is 48.5 Å². The summed E-state index contributed by atoms with van der Waals surface area (Å²) >= 11 is 5.83. The molecule has 27 heavy (non-hydrogen) atoms. The summed E-state index contributed by atoms with van der Waals surface area (Å²) in [5, 5.41) is -1.25. The van der Waals surface area contributed by atoms with E-state index in [0.717, 1.165) is 0 Å². The van der Waals surface area contributed by atoms with Gasteiger partial charge in [-0.3, -0.25) is 9.36 Å². The van der Waals surface area contributed by atoms with Gasteiger partial charge in [0, 0.05) is 5.02 Å².